The summed E-state index contributed by atoms with van der Waals surface area (Å²) >= 11 is 0. The number of benzene rings is 2. The Morgan fingerprint density at radius 2 is 1.78 bits per heavy atom. The van der Waals surface area contributed by atoms with E-state index in [1.54, 1.807) is 29.2 Å². The van der Waals surface area contributed by atoms with Crippen LogP contribution in [-0.4, -0.2) is 45.6 Å². The number of pyridine rings is 1. The fourth-order valence-corrected chi connectivity index (χ4v) is 4.58. The zero-order valence-corrected chi connectivity index (χ0v) is 19.9. The molecule has 0 unspecified atom stereocenters. The summed E-state index contributed by atoms with van der Waals surface area (Å²) in [5.41, 5.74) is 4.34. The molecule has 0 aliphatic rings. The van der Waals surface area contributed by atoms with Crippen molar-refractivity contribution >= 4 is 21.4 Å². The number of sulfonamides is 1. The van der Waals surface area contributed by atoms with Crippen LogP contribution in [0, 0.1) is 11.6 Å². The molecule has 3 aromatic heterocycles. The number of rotatable bonds is 7. The first kappa shape index (κ1) is 23.6. The van der Waals surface area contributed by atoms with E-state index in [0.717, 1.165) is 29.5 Å². The van der Waals surface area contributed by atoms with Crippen LogP contribution in [0.5, 0.6) is 0 Å². The molecule has 184 valence electrons. The van der Waals surface area contributed by atoms with Gasteiger partial charge in [0.2, 0.25) is 10.0 Å². The molecular formula is C25H21F2N5O3S. The third-order valence-electron chi connectivity index (χ3n) is 5.58. The Balaban J connectivity index is 1.61. The van der Waals surface area contributed by atoms with E-state index in [1.165, 1.54) is 12.1 Å². The van der Waals surface area contributed by atoms with Crippen LogP contribution in [-0.2, 0) is 16.6 Å². The van der Waals surface area contributed by atoms with Crippen molar-refractivity contribution in [3.63, 3.8) is 0 Å². The molecule has 0 aliphatic carbocycles. The molecule has 0 fully saturated rings. The van der Waals surface area contributed by atoms with Crippen LogP contribution in [0.4, 0.5) is 14.5 Å². The van der Waals surface area contributed by atoms with E-state index >= 15 is 0 Å². The lowest BCUT2D eigenvalue weighted by Crippen LogP contribution is -2.09. The van der Waals surface area contributed by atoms with Gasteiger partial charge in [-0.25, -0.2) is 22.2 Å². The number of aliphatic hydroxyl groups is 1. The minimum absolute atomic E-state index is 0.0131. The predicted molar refractivity (Wildman–Crippen MR) is 133 cm³/mol. The number of fused-ring (bicyclic) bond motifs is 1. The van der Waals surface area contributed by atoms with Crippen LogP contribution in [0.2, 0.25) is 0 Å². The van der Waals surface area contributed by atoms with Crippen molar-refractivity contribution < 1.29 is 22.3 Å². The molecule has 0 saturated carbocycles. The van der Waals surface area contributed by atoms with Crippen LogP contribution in [0.3, 0.4) is 0 Å². The van der Waals surface area contributed by atoms with Crippen molar-refractivity contribution in [3.05, 3.63) is 85.0 Å². The number of anilines is 1. The average molecular weight is 510 g/mol. The Morgan fingerprint density at radius 3 is 2.53 bits per heavy atom. The van der Waals surface area contributed by atoms with Gasteiger partial charge in [0.05, 0.1) is 37.5 Å². The number of hydrogen-bond acceptors (Lipinski definition) is 5. The maximum Gasteiger partial charge on any atom is 0.229 e. The normalized spacial score (nSPS) is 11.8. The van der Waals surface area contributed by atoms with Crippen molar-refractivity contribution in [2.45, 2.75) is 6.54 Å². The van der Waals surface area contributed by atoms with E-state index in [-0.39, 0.29) is 17.9 Å². The molecule has 0 bridgehead atoms. The van der Waals surface area contributed by atoms with Gasteiger partial charge in [0.25, 0.3) is 0 Å². The summed E-state index contributed by atoms with van der Waals surface area (Å²) in [7, 11) is -3.61. The van der Waals surface area contributed by atoms with Crippen LogP contribution < -0.4 is 4.72 Å². The lowest BCUT2D eigenvalue weighted by molar-refractivity contribution is 0.269. The number of imidazole rings is 1. The lowest BCUT2D eigenvalue weighted by Gasteiger charge is -2.12. The van der Waals surface area contributed by atoms with Crippen molar-refractivity contribution in [1.82, 2.24) is 19.2 Å². The summed E-state index contributed by atoms with van der Waals surface area (Å²) < 4.78 is 57.8. The minimum Gasteiger partial charge on any atom is -0.394 e. The largest absolute Gasteiger partial charge is 0.394 e. The van der Waals surface area contributed by atoms with Crippen LogP contribution in [0.15, 0.2) is 73.3 Å². The van der Waals surface area contributed by atoms with Crippen molar-refractivity contribution in [2.24, 2.45) is 0 Å². The number of aliphatic hydroxyl groups excluding tert-OH is 1. The molecule has 8 nitrogen and oxygen atoms in total. The van der Waals surface area contributed by atoms with E-state index < -0.39 is 21.7 Å². The highest BCUT2D eigenvalue weighted by Gasteiger charge is 2.15. The number of nitrogens with one attached hydrogen (secondary N) is 1. The molecule has 3 heterocycles. The topological polar surface area (TPSA) is 102 Å². The fourth-order valence-electron chi connectivity index (χ4n) is 4.04. The summed E-state index contributed by atoms with van der Waals surface area (Å²) in [5.74, 6) is -1.47. The smallest absolute Gasteiger partial charge is 0.229 e. The molecule has 2 aromatic carbocycles. The van der Waals surface area contributed by atoms with Crippen molar-refractivity contribution in [2.75, 3.05) is 17.6 Å². The van der Waals surface area contributed by atoms with Gasteiger partial charge in [0.15, 0.2) is 0 Å². The van der Waals surface area contributed by atoms with Gasteiger partial charge in [0, 0.05) is 40.8 Å². The molecule has 0 aliphatic heterocycles. The first-order valence-electron chi connectivity index (χ1n) is 10.9. The minimum atomic E-state index is -3.61. The van der Waals surface area contributed by atoms with Gasteiger partial charge in [-0.2, -0.15) is 5.10 Å². The molecule has 0 saturated heterocycles. The Morgan fingerprint density at radius 1 is 0.972 bits per heavy atom. The van der Waals surface area contributed by atoms with E-state index in [2.05, 4.69) is 14.8 Å². The lowest BCUT2D eigenvalue weighted by atomic mass is 10.00. The average Bonchev–Trinajstić information content (AvgIpc) is 3.44. The van der Waals surface area contributed by atoms with Crippen LogP contribution >= 0.6 is 0 Å². The number of hydrogen-bond donors (Lipinski definition) is 2. The summed E-state index contributed by atoms with van der Waals surface area (Å²) in [6.45, 7) is 0.380. The van der Waals surface area contributed by atoms with Gasteiger partial charge in [-0.3, -0.25) is 13.8 Å². The summed E-state index contributed by atoms with van der Waals surface area (Å²) in [6.07, 6.45) is 8.02. The third-order valence-corrected chi connectivity index (χ3v) is 6.19. The molecule has 0 atom stereocenters. The Kier molecular flexibility index (Phi) is 6.02. The highest BCUT2D eigenvalue weighted by Crippen LogP contribution is 2.33. The van der Waals surface area contributed by atoms with Gasteiger partial charge >= 0.3 is 0 Å². The van der Waals surface area contributed by atoms with Gasteiger partial charge in [-0.1, -0.05) is 0 Å². The van der Waals surface area contributed by atoms with Crippen molar-refractivity contribution in [3.8, 4) is 33.5 Å². The standard InChI is InChI=1S/C25H21F2N5O3S/c1-36(34,35)30-21-9-17(22-3-2-20(26)12-23(22)27)8-18(10-21)24-14-28-25-11-16(4-5-32(24)25)19-13-29-31(15-19)6-7-33/h2-5,8-15,30,33H,6-7H2,1H3. The van der Waals surface area contributed by atoms with Gasteiger partial charge in [-0.05, 0) is 53.6 Å². The molecule has 5 aromatic rings. The Bertz CT molecular complexity index is 1700. The van der Waals surface area contributed by atoms with Gasteiger partial charge in [-0.15, -0.1) is 0 Å². The number of halogens is 2. The van der Waals surface area contributed by atoms with Crippen LogP contribution in [0.1, 0.15) is 0 Å². The molecule has 0 amide bonds. The van der Waals surface area contributed by atoms with Crippen LogP contribution in [0.25, 0.3) is 39.2 Å². The second kappa shape index (κ2) is 9.17. The summed E-state index contributed by atoms with van der Waals surface area (Å²) in [6, 6.07) is 11.8. The first-order chi connectivity index (χ1) is 17.2. The highest BCUT2D eigenvalue weighted by molar-refractivity contribution is 7.92. The van der Waals surface area contributed by atoms with E-state index in [4.69, 9.17) is 5.11 Å². The molecule has 0 radical (unpaired) electrons. The quantitative estimate of drug-likeness (QED) is 0.343. The molecular weight excluding hydrogens is 488 g/mol. The zero-order chi connectivity index (χ0) is 25.4. The van der Waals surface area contributed by atoms with E-state index in [0.29, 0.717) is 29.0 Å². The summed E-state index contributed by atoms with van der Waals surface area (Å²) in [4.78, 5) is 4.49. The second-order valence-electron chi connectivity index (χ2n) is 8.30. The highest BCUT2D eigenvalue weighted by atomic mass is 32.2. The van der Waals surface area contributed by atoms with Crippen molar-refractivity contribution in [1.29, 1.82) is 0 Å². The number of aromatic nitrogens is 4. The summed E-state index contributed by atoms with van der Waals surface area (Å²) in [5, 5.41) is 13.3. The maximum atomic E-state index is 14.6. The molecule has 11 heteroatoms. The fraction of sp³-hybridized carbons (Fsp3) is 0.120. The first-order valence-corrected chi connectivity index (χ1v) is 12.8. The predicted octanol–water partition coefficient (Wildman–Crippen LogP) is 4.17. The van der Waals surface area contributed by atoms with Gasteiger partial charge < -0.3 is 5.11 Å². The number of nitrogens with zero attached hydrogens (tertiary/aromatic N) is 4. The van der Waals surface area contributed by atoms with E-state index in [1.807, 2.05) is 28.9 Å². The monoisotopic (exact) mass is 509 g/mol. The Labute approximate surface area is 205 Å². The maximum absolute atomic E-state index is 14.6. The molecule has 5 rings (SSSR count). The van der Waals surface area contributed by atoms with Gasteiger partial charge in [0.1, 0.15) is 17.3 Å². The zero-order valence-electron chi connectivity index (χ0n) is 19.1. The molecule has 36 heavy (non-hydrogen) atoms. The molecule has 0 spiro atoms. The SMILES string of the molecule is CS(=O)(=O)Nc1cc(-c2ccc(F)cc2F)cc(-c2cnc3cc(-c4cnn(CCO)c4)ccn23)c1. The second-order valence-corrected chi connectivity index (χ2v) is 10.0. The molecule has 2 N–H and O–H groups in total. The van der Waals surface area contributed by atoms with E-state index in [9.17, 15) is 17.2 Å². The Hall–Kier alpha value is -4.09. The third kappa shape index (κ3) is 4.83.